The average Bonchev–Trinajstić information content (AvgIpc) is 3.39. The fourth-order valence-corrected chi connectivity index (χ4v) is 4.22. The SMILES string of the molecule is Cc1cc(-c2nc3cc(NCC4CC4)cc4c3n2CCCO4)cc2nc(N)oc12. The van der Waals surface area contributed by atoms with Gasteiger partial charge in [0, 0.05) is 30.4 Å². The highest BCUT2D eigenvalue weighted by molar-refractivity contribution is 5.91. The van der Waals surface area contributed by atoms with Crippen molar-refractivity contribution in [3.8, 4) is 17.1 Å². The van der Waals surface area contributed by atoms with Crippen molar-refractivity contribution in [3.05, 3.63) is 29.8 Å². The molecule has 0 amide bonds. The number of imidazole rings is 1. The van der Waals surface area contributed by atoms with Crippen LogP contribution in [-0.4, -0.2) is 27.7 Å². The number of fused-ring (bicyclic) bond motifs is 1. The van der Waals surface area contributed by atoms with Crippen LogP contribution in [0.3, 0.4) is 0 Å². The monoisotopic (exact) mass is 389 g/mol. The normalized spacial score (nSPS) is 16.2. The topological polar surface area (TPSA) is 91.1 Å². The number of anilines is 2. The van der Waals surface area contributed by atoms with Crippen molar-refractivity contribution in [2.24, 2.45) is 5.92 Å². The summed E-state index contributed by atoms with van der Waals surface area (Å²) in [4.78, 5) is 9.33. The molecule has 1 aliphatic heterocycles. The zero-order valence-corrected chi connectivity index (χ0v) is 16.4. The van der Waals surface area contributed by atoms with Gasteiger partial charge in [-0.05, 0) is 55.9 Å². The summed E-state index contributed by atoms with van der Waals surface area (Å²) in [6.45, 7) is 4.60. The van der Waals surface area contributed by atoms with Crippen LogP contribution in [0.1, 0.15) is 24.8 Å². The quantitative estimate of drug-likeness (QED) is 0.539. The van der Waals surface area contributed by atoms with Gasteiger partial charge in [-0.15, -0.1) is 0 Å². The highest BCUT2D eigenvalue weighted by atomic mass is 16.5. The Morgan fingerprint density at radius 1 is 1.17 bits per heavy atom. The largest absolute Gasteiger partial charge is 0.491 e. The molecule has 0 unspecified atom stereocenters. The Hall–Kier alpha value is -3.22. The molecule has 3 N–H and O–H groups in total. The second-order valence-corrected chi connectivity index (χ2v) is 8.15. The second-order valence-electron chi connectivity index (χ2n) is 8.15. The smallest absolute Gasteiger partial charge is 0.292 e. The van der Waals surface area contributed by atoms with Crippen LogP contribution in [0.4, 0.5) is 11.7 Å². The molecule has 0 atom stereocenters. The molecule has 1 fully saturated rings. The minimum Gasteiger partial charge on any atom is -0.491 e. The number of aromatic nitrogens is 3. The van der Waals surface area contributed by atoms with E-state index in [2.05, 4.69) is 33.1 Å². The van der Waals surface area contributed by atoms with Gasteiger partial charge in [-0.2, -0.15) is 4.98 Å². The fourth-order valence-electron chi connectivity index (χ4n) is 4.22. The molecule has 1 saturated carbocycles. The molecule has 7 nitrogen and oxygen atoms in total. The zero-order valence-electron chi connectivity index (χ0n) is 16.4. The van der Waals surface area contributed by atoms with Gasteiger partial charge in [0.2, 0.25) is 0 Å². The van der Waals surface area contributed by atoms with Gasteiger partial charge in [-0.1, -0.05) is 0 Å². The first-order valence-corrected chi connectivity index (χ1v) is 10.2. The number of hydrogen-bond acceptors (Lipinski definition) is 6. The Balaban J connectivity index is 1.52. The highest BCUT2D eigenvalue weighted by Crippen LogP contribution is 2.38. The van der Waals surface area contributed by atoms with E-state index >= 15 is 0 Å². The van der Waals surface area contributed by atoms with Gasteiger partial charge in [0.05, 0.1) is 12.1 Å². The molecule has 7 heteroatoms. The summed E-state index contributed by atoms with van der Waals surface area (Å²) >= 11 is 0. The predicted octanol–water partition coefficient (Wildman–Crippen LogP) is 4.34. The number of nitrogens with zero attached hydrogens (tertiary/aromatic N) is 3. The number of nitrogens with two attached hydrogens (primary N) is 1. The van der Waals surface area contributed by atoms with Crippen LogP contribution in [0.5, 0.6) is 5.75 Å². The van der Waals surface area contributed by atoms with Gasteiger partial charge in [-0.25, -0.2) is 4.98 Å². The van der Waals surface area contributed by atoms with Crippen LogP contribution in [-0.2, 0) is 6.54 Å². The summed E-state index contributed by atoms with van der Waals surface area (Å²) < 4.78 is 13.9. The van der Waals surface area contributed by atoms with E-state index in [-0.39, 0.29) is 6.01 Å². The number of benzene rings is 2. The minimum atomic E-state index is 0.189. The van der Waals surface area contributed by atoms with Crippen molar-refractivity contribution in [2.75, 3.05) is 24.2 Å². The molecule has 2 aromatic carbocycles. The number of nitrogens with one attached hydrogen (secondary N) is 1. The average molecular weight is 389 g/mol. The number of nitrogen functional groups attached to an aromatic ring is 1. The van der Waals surface area contributed by atoms with Crippen LogP contribution in [0.2, 0.25) is 0 Å². The number of ether oxygens (including phenoxy) is 1. The summed E-state index contributed by atoms with van der Waals surface area (Å²) in [5.41, 5.74) is 12.4. The lowest BCUT2D eigenvalue weighted by molar-refractivity contribution is 0.316. The first kappa shape index (κ1) is 16.7. The number of hydrogen-bond donors (Lipinski definition) is 2. The van der Waals surface area contributed by atoms with Crippen LogP contribution < -0.4 is 15.8 Å². The standard InChI is InChI=1S/C22H23N5O2/c1-12-7-14(8-17-20(12)29-22(23)26-17)21-25-16-9-15(24-11-13-3-4-13)10-18-19(16)27(21)5-2-6-28-18/h7-10,13,24H,2-6,11H2,1H3,(H2,23,26). The lowest BCUT2D eigenvalue weighted by Crippen LogP contribution is -2.03. The highest BCUT2D eigenvalue weighted by Gasteiger charge is 2.23. The molecule has 0 bridgehead atoms. The Kier molecular flexibility index (Phi) is 3.54. The van der Waals surface area contributed by atoms with E-state index in [1.54, 1.807) is 0 Å². The third kappa shape index (κ3) is 2.80. The van der Waals surface area contributed by atoms with Gasteiger partial charge in [0.15, 0.2) is 5.58 Å². The molecule has 2 aliphatic rings. The summed E-state index contributed by atoms with van der Waals surface area (Å²) in [6.07, 6.45) is 3.59. The van der Waals surface area contributed by atoms with Crippen molar-refractivity contribution < 1.29 is 9.15 Å². The van der Waals surface area contributed by atoms with Gasteiger partial charge < -0.3 is 24.8 Å². The van der Waals surface area contributed by atoms with Gasteiger partial charge in [-0.3, -0.25) is 0 Å². The van der Waals surface area contributed by atoms with E-state index in [1.165, 1.54) is 12.8 Å². The number of rotatable bonds is 4. The van der Waals surface area contributed by atoms with Gasteiger partial charge in [0.25, 0.3) is 6.01 Å². The third-order valence-electron chi connectivity index (χ3n) is 5.83. The predicted molar refractivity (Wildman–Crippen MR) is 113 cm³/mol. The summed E-state index contributed by atoms with van der Waals surface area (Å²) in [7, 11) is 0. The lowest BCUT2D eigenvalue weighted by atomic mass is 10.1. The van der Waals surface area contributed by atoms with Crippen LogP contribution in [0, 0.1) is 12.8 Å². The molecule has 1 aliphatic carbocycles. The molecule has 2 aromatic heterocycles. The number of aryl methyl sites for hydroxylation is 2. The third-order valence-corrected chi connectivity index (χ3v) is 5.83. The van der Waals surface area contributed by atoms with E-state index < -0.39 is 0 Å². The Morgan fingerprint density at radius 3 is 2.93 bits per heavy atom. The van der Waals surface area contributed by atoms with Crippen molar-refractivity contribution in [1.29, 1.82) is 0 Å². The Labute approximate surface area is 167 Å². The summed E-state index contributed by atoms with van der Waals surface area (Å²) in [6, 6.07) is 8.54. The molecule has 4 aromatic rings. The van der Waals surface area contributed by atoms with Crippen molar-refractivity contribution >= 4 is 33.8 Å². The fraction of sp³-hybridized carbons (Fsp3) is 0.364. The Morgan fingerprint density at radius 2 is 2.07 bits per heavy atom. The van der Waals surface area contributed by atoms with Crippen molar-refractivity contribution in [2.45, 2.75) is 32.7 Å². The number of oxazole rings is 1. The maximum absolute atomic E-state index is 6.09. The van der Waals surface area contributed by atoms with Crippen molar-refractivity contribution in [1.82, 2.24) is 14.5 Å². The van der Waals surface area contributed by atoms with E-state index in [1.807, 2.05) is 13.0 Å². The van der Waals surface area contributed by atoms with E-state index in [0.717, 1.165) is 75.9 Å². The maximum atomic E-state index is 6.09. The van der Waals surface area contributed by atoms with Gasteiger partial charge in [0.1, 0.15) is 22.6 Å². The van der Waals surface area contributed by atoms with Crippen LogP contribution in [0.15, 0.2) is 28.7 Å². The van der Waals surface area contributed by atoms with E-state index in [4.69, 9.17) is 19.9 Å². The second kappa shape index (κ2) is 6.14. The summed E-state index contributed by atoms with van der Waals surface area (Å²) in [5, 5.41) is 3.56. The molecule has 0 spiro atoms. The van der Waals surface area contributed by atoms with E-state index in [0.29, 0.717) is 6.61 Å². The van der Waals surface area contributed by atoms with E-state index in [9.17, 15) is 0 Å². The first-order valence-electron chi connectivity index (χ1n) is 10.2. The molecule has 0 radical (unpaired) electrons. The maximum Gasteiger partial charge on any atom is 0.292 e. The lowest BCUT2D eigenvalue weighted by Gasteiger charge is -2.10. The zero-order chi connectivity index (χ0) is 19.5. The van der Waals surface area contributed by atoms with Crippen LogP contribution in [0.25, 0.3) is 33.5 Å². The molecular weight excluding hydrogens is 366 g/mol. The summed E-state index contributed by atoms with van der Waals surface area (Å²) in [5.74, 6) is 2.64. The van der Waals surface area contributed by atoms with Gasteiger partial charge >= 0.3 is 0 Å². The Bertz CT molecular complexity index is 1250. The van der Waals surface area contributed by atoms with Crippen molar-refractivity contribution in [3.63, 3.8) is 0 Å². The molecule has 148 valence electrons. The molecule has 3 heterocycles. The molecule has 6 rings (SSSR count). The molecular formula is C22H23N5O2. The first-order chi connectivity index (χ1) is 14.2. The molecule has 0 saturated heterocycles. The van der Waals surface area contributed by atoms with Crippen LogP contribution >= 0.6 is 0 Å². The minimum absolute atomic E-state index is 0.189. The molecule has 29 heavy (non-hydrogen) atoms.